The first kappa shape index (κ1) is 13.4. The normalized spacial score (nSPS) is 10.8. The highest BCUT2D eigenvalue weighted by molar-refractivity contribution is 5.97. The van der Waals surface area contributed by atoms with E-state index in [1.807, 2.05) is 55.6 Å². The molecule has 0 unspecified atom stereocenters. The second-order valence-corrected chi connectivity index (χ2v) is 5.21. The second-order valence-electron chi connectivity index (χ2n) is 5.21. The highest BCUT2D eigenvalue weighted by atomic mass is 16.2. The number of nitrogens with zero attached hydrogens (tertiary/aromatic N) is 2. The van der Waals surface area contributed by atoms with E-state index in [4.69, 9.17) is 0 Å². The predicted octanol–water partition coefficient (Wildman–Crippen LogP) is 3.14. The average molecular weight is 279 g/mol. The molecule has 4 heteroatoms. The Hall–Kier alpha value is -2.62. The number of amides is 1. The van der Waals surface area contributed by atoms with Crippen LogP contribution >= 0.6 is 0 Å². The minimum absolute atomic E-state index is 0.00481. The predicted molar refractivity (Wildman–Crippen MR) is 83.1 cm³/mol. The van der Waals surface area contributed by atoms with Crippen LogP contribution in [-0.4, -0.2) is 27.8 Å². The minimum Gasteiger partial charge on any atom is -0.361 e. The van der Waals surface area contributed by atoms with Crippen LogP contribution in [0.25, 0.3) is 10.9 Å². The molecule has 0 bridgehead atoms. The molecule has 1 aromatic carbocycles. The maximum Gasteiger partial charge on any atom is 0.254 e. The molecule has 0 spiro atoms. The van der Waals surface area contributed by atoms with Crippen molar-refractivity contribution in [1.82, 2.24) is 14.9 Å². The summed E-state index contributed by atoms with van der Waals surface area (Å²) in [6.45, 7) is 2.45. The van der Waals surface area contributed by atoms with Gasteiger partial charge in [-0.15, -0.1) is 0 Å². The molecule has 0 aliphatic carbocycles. The number of hydrogen-bond donors (Lipinski definition) is 1. The summed E-state index contributed by atoms with van der Waals surface area (Å²) >= 11 is 0. The third-order valence-electron chi connectivity index (χ3n) is 3.49. The molecule has 21 heavy (non-hydrogen) atoms. The maximum atomic E-state index is 12.5. The van der Waals surface area contributed by atoms with Crippen LogP contribution in [0.2, 0.25) is 0 Å². The van der Waals surface area contributed by atoms with Crippen molar-refractivity contribution in [1.29, 1.82) is 0 Å². The Kier molecular flexibility index (Phi) is 3.44. The minimum atomic E-state index is -0.00481. The maximum absolute atomic E-state index is 12.5. The van der Waals surface area contributed by atoms with Gasteiger partial charge in [0.15, 0.2) is 0 Å². The fourth-order valence-electron chi connectivity index (χ4n) is 2.40. The van der Waals surface area contributed by atoms with Gasteiger partial charge in [-0.25, -0.2) is 0 Å². The van der Waals surface area contributed by atoms with Crippen LogP contribution in [0.3, 0.4) is 0 Å². The Morgan fingerprint density at radius 2 is 2.10 bits per heavy atom. The second kappa shape index (κ2) is 5.40. The quantitative estimate of drug-likeness (QED) is 0.800. The van der Waals surface area contributed by atoms with E-state index in [1.54, 1.807) is 11.9 Å². The van der Waals surface area contributed by atoms with E-state index in [0.717, 1.165) is 22.3 Å². The number of pyridine rings is 1. The lowest BCUT2D eigenvalue weighted by Crippen LogP contribution is -2.26. The lowest BCUT2D eigenvalue weighted by molar-refractivity contribution is 0.0783. The number of aryl methyl sites for hydroxylation is 1. The number of H-pyrrole nitrogens is 1. The van der Waals surface area contributed by atoms with Crippen LogP contribution in [0.15, 0.2) is 48.7 Å². The number of hydrogen-bond acceptors (Lipinski definition) is 2. The Bertz CT molecular complexity index is 791. The summed E-state index contributed by atoms with van der Waals surface area (Å²) < 4.78 is 0. The molecule has 3 aromatic rings. The van der Waals surface area contributed by atoms with Gasteiger partial charge in [-0.05, 0) is 42.6 Å². The van der Waals surface area contributed by atoms with Crippen molar-refractivity contribution in [3.05, 3.63) is 65.6 Å². The van der Waals surface area contributed by atoms with Gasteiger partial charge in [0.2, 0.25) is 0 Å². The van der Waals surface area contributed by atoms with E-state index in [-0.39, 0.29) is 5.91 Å². The number of benzene rings is 1. The third kappa shape index (κ3) is 2.79. The number of nitrogens with one attached hydrogen (secondary N) is 1. The first-order valence-electron chi connectivity index (χ1n) is 6.88. The Balaban J connectivity index is 1.80. The van der Waals surface area contributed by atoms with Crippen molar-refractivity contribution in [3.63, 3.8) is 0 Å². The Morgan fingerprint density at radius 3 is 2.90 bits per heavy atom. The number of aromatic amines is 1. The summed E-state index contributed by atoms with van der Waals surface area (Å²) in [5.74, 6) is -0.00481. The lowest BCUT2D eigenvalue weighted by atomic mass is 10.1. The summed E-state index contributed by atoms with van der Waals surface area (Å²) in [6.07, 6.45) is 1.87. The van der Waals surface area contributed by atoms with Crippen molar-refractivity contribution in [3.8, 4) is 0 Å². The van der Waals surface area contributed by atoms with Gasteiger partial charge in [0.05, 0.1) is 12.2 Å². The summed E-state index contributed by atoms with van der Waals surface area (Å²) in [4.78, 5) is 21.7. The zero-order chi connectivity index (χ0) is 14.8. The summed E-state index contributed by atoms with van der Waals surface area (Å²) in [7, 11) is 1.80. The van der Waals surface area contributed by atoms with Crippen molar-refractivity contribution < 1.29 is 4.79 Å². The molecule has 0 fully saturated rings. The Labute approximate surface area is 123 Å². The Morgan fingerprint density at radius 1 is 1.24 bits per heavy atom. The molecule has 0 aliphatic rings. The highest BCUT2D eigenvalue weighted by Crippen LogP contribution is 2.16. The van der Waals surface area contributed by atoms with Gasteiger partial charge in [0.25, 0.3) is 5.91 Å². The van der Waals surface area contributed by atoms with E-state index in [2.05, 4.69) is 9.97 Å². The molecule has 1 N–H and O–H groups in total. The van der Waals surface area contributed by atoms with Crippen LogP contribution in [0, 0.1) is 6.92 Å². The molecule has 2 heterocycles. The molecule has 2 aromatic heterocycles. The summed E-state index contributed by atoms with van der Waals surface area (Å²) in [5, 5.41) is 1.11. The molecule has 0 atom stereocenters. The van der Waals surface area contributed by atoms with Crippen LogP contribution in [0.1, 0.15) is 21.7 Å². The molecule has 3 rings (SSSR count). The van der Waals surface area contributed by atoms with E-state index in [1.165, 1.54) is 0 Å². The molecule has 0 aliphatic heterocycles. The molecule has 0 radical (unpaired) electrons. The first-order chi connectivity index (χ1) is 10.1. The van der Waals surface area contributed by atoms with Crippen LogP contribution in [-0.2, 0) is 6.54 Å². The molecule has 1 amide bonds. The van der Waals surface area contributed by atoms with E-state index >= 15 is 0 Å². The van der Waals surface area contributed by atoms with Gasteiger partial charge in [-0.3, -0.25) is 9.78 Å². The monoisotopic (exact) mass is 279 g/mol. The van der Waals surface area contributed by atoms with Gasteiger partial charge < -0.3 is 9.88 Å². The molecule has 106 valence electrons. The largest absolute Gasteiger partial charge is 0.361 e. The molecule has 4 nitrogen and oxygen atoms in total. The zero-order valence-corrected chi connectivity index (χ0v) is 12.1. The smallest absolute Gasteiger partial charge is 0.254 e. The molecule has 0 saturated heterocycles. The molecule has 0 saturated carbocycles. The SMILES string of the molecule is Cc1cccc(CN(C)C(=O)c2ccc3cc[nH]c3c2)n1. The fraction of sp³-hybridized carbons (Fsp3) is 0.176. The van der Waals surface area contributed by atoms with Crippen LogP contribution in [0.4, 0.5) is 0 Å². The number of rotatable bonds is 3. The lowest BCUT2D eigenvalue weighted by Gasteiger charge is -2.17. The number of fused-ring (bicyclic) bond motifs is 1. The summed E-state index contributed by atoms with van der Waals surface area (Å²) in [5.41, 5.74) is 3.51. The number of aromatic nitrogens is 2. The number of carbonyl (C=O) groups is 1. The van der Waals surface area contributed by atoms with Gasteiger partial charge in [-0.2, -0.15) is 0 Å². The average Bonchev–Trinajstić information content (AvgIpc) is 2.93. The van der Waals surface area contributed by atoms with Crippen molar-refractivity contribution >= 4 is 16.8 Å². The zero-order valence-electron chi connectivity index (χ0n) is 12.1. The fourth-order valence-corrected chi connectivity index (χ4v) is 2.40. The molecular weight excluding hydrogens is 262 g/mol. The van der Waals surface area contributed by atoms with E-state index < -0.39 is 0 Å². The van der Waals surface area contributed by atoms with Gasteiger partial charge in [0, 0.05) is 30.0 Å². The highest BCUT2D eigenvalue weighted by Gasteiger charge is 2.13. The van der Waals surface area contributed by atoms with Gasteiger partial charge in [0.1, 0.15) is 0 Å². The number of carbonyl (C=O) groups excluding carboxylic acids is 1. The third-order valence-corrected chi connectivity index (χ3v) is 3.49. The van der Waals surface area contributed by atoms with Crippen molar-refractivity contribution in [2.45, 2.75) is 13.5 Å². The standard InChI is InChI=1S/C17H17N3O/c1-12-4-3-5-15(19-12)11-20(2)17(21)14-7-6-13-8-9-18-16(13)10-14/h3-10,18H,11H2,1-2H3. The van der Waals surface area contributed by atoms with Gasteiger partial charge >= 0.3 is 0 Å². The topological polar surface area (TPSA) is 49.0 Å². The van der Waals surface area contributed by atoms with E-state index in [9.17, 15) is 4.79 Å². The first-order valence-corrected chi connectivity index (χ1v) is 6.88. The van der Waals surface area contributed by atoms with Crippen molar-refractivity contribution in [2.24, 2.45) is 0 Å². The van der Waals surface area contributed by atoms with Gasteiger partial charge in [-0.1, -0.05) is 12.1 Å². The van der Waals surface area contributed by atoms with Crippen LogP contribution in [0.5, 0.6) is 0 Å². The van der Waals surface area contributed by atoms with E-state index in [0.29, 0.717) is 12.1 Å². The van der Waals surface area contributed by atoms with Crippen molar-refractivity contribution in [2.75, 3.05) is 7.05 Å². The summed E-state index contributed by atoms with van der Waals surface area (Å²) in [6, 6.07) is 13.5. The van der Waals surface area contributed by atoms with Crippen LogP contribution < -0.4 is 0 Å². The molecular formula is C17H17N3O.